The number of barbiturate groups is 1. The number of amides is 4. The zero-order valence-electron chi connectivity index (χ0n) is 18.0. The van der Waals surface area contributed by atoms with Gasteiger partial charge in [0.15, 0.2) is 0 Å². The van der Waals surface area contributed by atoms with Gasteiger partial charge in [-0.2, -0.15) is 0 Å². The molecule has 0 aliphatic carbocycles. The maximum absolute atomic E-state index is 13.1. The summed E-state index contributed by atoms with van der Waals surface area (Å²) < 4.78 is 2.07. The molecule has 1 aromatic heterocycles. The van der Waals surface area contributed by atoms with E-state index >= 15 is 0 Å². The fourth-order valence-electron chi connectivity index (χ4n) is 3.85. The van der Waals surface area contributed by atoms with E-state index in [9.17, 15) is 14.4 Å². The number of benzene rings is 2. The van der Waals surface area contributed by atoms with Gasteiger partial charge in [-0.05, 0) is 79.9 Å². The summed E-state index contributed by atoms with van der Waals surface area (Å²) in [5.41, 5.74) is 5.04. The van der Waals surface area contributed by atoms with Gasteiger partial charge in [-0.25, -0.2) is 9.69 Å². The van der Waals surface area contributed by atoms with Crippen molar-refractivity contribution in [3.63, 3.8) is 0 Å². The molecule has 0 radical (unpaired) electrons. The molecule has 2 heterocycles. The van der Waals surface area contributed by atoms with Gasteiger partial charge < -0.3 is 4.57 Å². The monoisotopic (exact) mass is 447 g/mol. The highest BCUT2D eigenvalue weighted by Gasteiger charge is 2.37. The molecule has 0 atom stereocenters. The second kappa shape index (κ2) is 8.48. The van der Waals surface area contributed by atoms with Gasteiger partial charge in [0, 0.05) is 22.1 Å². The Balaban J connectivity index is 1.73. The molecule has 0 saturated carbocycles. The molecule has 1 N–H and O–H groups in total. The molecule has 0 spiro atoms. The van der Waals surface area contributed by atoms with Gasteiger partial charge in [0.2, 0.25) is 0 Å². The number of carbonyl (C=O) groups is 3. The van der Waals surface area contributed by atoms with Crippen molar-refractivity contribution < 1.29 is 14.4 Å². The van der Waals surface area contributed by atoms with E-state index in [1.54, 1.807) is 24.3 Å². The van der Waals surface area contributed by atoms with Crippen LogP contribution in [0.5, 0.6) is 0 Å². The van der Waals surface area contributed by atoms with Gasteiger partial charge in [0.1, 0.15) is 5.57 Å². The summed E-state index contributed by atoms with van der Waals surface area (Å²) >= 11 is 5.91. The fraction of sp³-hybridized carbons (Fsp3) is 0.160. The second-order valence-electron chi connectivity index (χ2n) is 7.62. The summed E-state index contributed by atoms with van der Waals surface area (Å²) in [6, 6.07) is 15.7. The summed E-state index contributed by atoms with van der Waals surface area (Å²) in [6.07, 6.45) is 2.49. The topological polar surface area (TPSA) is 71.4 Å². The van der Waals surface area contributed by atoms with Crippen molar-refractivity contribution >= 4 is 41.2 Å². The number of nitrogens with zero attached hydrogens (tertiary/aromatic N) is 2. The molecule has 1 aliphatic heterocycles. The Bertz CT molecular complexity index is 1250. The normalized spacial score (nSPS) is 15.4. The first kappa shape index (κ1) is 21.6. The van der Waals surface area contributed by atoms with Crippen LogP contribution in [-0.4, -0.2) is 22.4 Å². The molecule has 2 aromatic carbocycles. The maximum Gasteiger partial charge on any atom is 0.335 e. The minimum atomic E-state index is -0.791. The quantitative estimate of drug-likeness (QED) is 0.453. The molecule has 1 aliphatic rings. The average Bonchev–Trinajstić information content (AvgIpc) is 3.05. The average molecular weight is 448 g/mol. The molecular formula is C25H22ClN3O3. The Morgan fingerprint density at radius 3 is 2.19 bits per heavy atom. The number of hydrogen-bond donors (Lipinski definition) is 1. The van der Waals surface area contributed by atoms with E-state index in [0.29, 0.717) is 10.7 Å². The highest BCUT2D eigenvalue weighted by atomic mass is 35.5. The Hall–Kier alpha value is -3.64. The van der Waals surface area contributed by atoms with Crippen LogP contribution in [0.15, 0.2) is 60.2 Å². The van der Waals surface area contributed by atoms with Crippen LogP contribution in [-0.2, 0) is 16.0 Å². The minimum absolute atomic E-state index is 0.110. The van der Waals surface area contributed by atoms with Crippen LogP contribution in [0.2, 0.25) is 5.02 Å². The fourth-order valence-corrected chi connectivity index (χ4v) is 3.98. The smallest absolute Gasteiger partial charge is 0.318 e. The van der Waals surface area contributed by atoms with E-state index in [1.807, 2.05) is 19.9 Å². The van der Waals surface area contributed by atoms with Gasteiger partial charge in [0.25, 0.3) is 11.8 Å². The van der Waals surface area contributed by atoms with Crippen molar-refractivity contribution in [3.05, 3.63) is 87.7 Å². The lowest BCUT2D eigenvalue weighted by atomic mass is 10.1. The van der Waals surface area contributed by atoms with Crippen molar-refractivity contribution in [2.24, 2.45) is 0 Å². The first-order chi connectivity index (χ1) is 15.3. The number of imide groups is 2. The number of urea groups is 1. The van der Waals surface area contributed by atoms with E-state index in [0.717, 1.165) is 34.0 Å². The molecule has 6 nitrogen and oxygen atoms in total. The molecule has 4 rings (SSSR count). The molecule has 3 aromatic rings. The Morgan fingerprint density at radius 1 is 0.938 bits per heavy atom. The number of aromatic nitrogens is 1. The van der Waals surface area contributed by atoms with Crippen LogP contribution in [0.4, 0.5) is 10.5 Å². The van der Waals surface area contributed by atoms with Crippen LogP contribution >= 0.6 is 11.6 Å². The Kier molecular flexibility index (Phi) is 5.72. The van der Waals surface area contributed by atoms with E-state index < -0.39 is 17.8 Å². The van der Waals surface area contributed by atoms with Crippen molar-refractivity contribution in [1.82, 2.24) is 9.88 Å². The van der Waals surface area contributed by atoms with Crippen LogP contribution in [0.25, 0.3) is 11.8 Å². The van der Waals surface area contributed by atoms with E-state index in [1.165, 1.54) is 11.6 Å². The predicted molar refractivity (Wildman–Crippen MR) is 125 cm³/mol. The highest BCUT2D eigenvalue weighted by Crippen LogP contribution is 2.27. The molecule has 1 fully saturated rings. The summed E-state index contributed by atoms with van der Waals surface area (Å²) in [4.78, 5) is 38.9. The van der Waals surface area contributed by atoms with E-state index in [2.05, 4.69) is 41.1 Å². The summed E-state index contributed by atoms with van der Waals surface area (Å²) in [7, 11) is 0. The number of aryl methyl sites for hydroxylation is 2. The second-order valence-corrected chi connectivity index (χ2v) is 8.05. The molecule has 162 valence electrons. The van der Waals surface area contributed by atoms with Gasteiger partial charge >= 0.3 is 6.03 Å². The third-order valence-corrected chi connectivity index (χ3v) is 5.81. The number of rotatable bonds is 4. The van der Waals surface area contributed by atoms with E-state index in [4.69, 9.17) is 11.6 Å². The van der Waals surface area contributed by atoms with Crippen molar-refractivity contribution in [1.29, 1.82) is 0 Å². The Morgan fingerprint density at radius 2 is 1.56 bits per heavy atom. The maximum atomic E-state index is 13.1. The summed E-state index contributed by atoms with van der Waals surface area (Å²) in [6.45, 7) is 6.01. The zero-order valence-corrected chi connectivity index (χ0v) is 18.7. The van der Waals surface area contributed by atoms with Gasteiger partial charge in [-0.15, -0.1) is 0 Å². The van der Waals surface area contributed by atoms with Crippen LogP contribution in [0.1, 0.15) is 29.4 Å². The third kappa shape index (κ3) is 3.85. The van der Waals surface area contributed by atoms with Crippen molar-refractivity contribution in [2.75, 3.05) is 4.90 Å². The number of hydrogen-bond acceptors (Lipinski definition) is 3. The van der Waals surface area contributed by atoms with Gasteiger partial charge in [-0.1, -0.05) is 30.7 Å². The molecule has 0 unspecified atom stereocenters. The largest absolute Gasteiger partial charge is 0.335 e. The summed E-state index contributed by atoms with van der Waals surface area (Å²) in [5.74, 6) is -1.40. The number of carbonyl (C=O) groups excluding carboxylic acids is 3. The molecule has 32 heavy (non-hydrogen) atoms. The molecule has 0 bridgehead atoms. The van der Waals surface area contributed by atoms with Gasteiger partial charge in [-0.3, -0.25) is 14.9 Å². The number of halogens is 1. The van der Waals surface area contributed by atoms with Crippen molar-refractivity contribution in [3.8, 4) is 5.69 Å². The Labute approximate surface area is 191 Å². The van der Waals surface area contributed by atoms with Crippen LogP contribution in [0.3, 0.4) is 0 Å². The predicted octanol–water partition coefficient (Wildman–Crippen LogP) is 4.98. The number of anilines is 1. The molecule has 4 amide bonds. The number of nitrogens with one attached hydrogen (secondary N) is 1. The first-order valence-electron chi connectivity index (χ1n) is 10.3. The van der Waals surface area contributed by atoms with Crippen molar-refractivity contribution in [2.45, 2.75) is 27.2 Å². The SMILES string of the molecule is CCc1ccc(-n2c(C)cc(/C=C3/C(=O)NC(=O)N(c4ccc(Cl)cc4)C3=O)c2C)cc1. The first-order valence-corrected chi connectivity index (χ1v) is 10.6. The zero-order chi connectivity index (χ0) is 23.0. The molecular weight excluding hydrogens is 426 g/mol. The lowest BCUT2D eigenvalue weighted by Crippen LogP contribution is -2.54. The summed E-state index contributed by atoms with van der Waals surface area (Å²) in [5, 5.41) is 2.72. The molecule has 7 heteroatoms. The van der Waals surface area contributed by atoms with Crippen LogP contribution < -0.4 is 10.2 Å². The lowest BCUT2D eigenvalue weighted by Gasteiger charge is -2.26. The van der Waals surface area contributed by atoms with Crippen LogP contribution in [0, 0.1) is 13.8 Å². The van der Waals surface area contributed by atoms with E-state index in [-0.39, 0.29) is 5.57 Å². The molecule has 1 saturated heterocycles. The highest BCUT2D eigenvalue weighted by molar-refractivity contribution is 6.39. The third-order valence-electron chi connectivity index (χ3n) is 5.56. The van der Waals surface area contributed by atoms with Gasteiger partial charge in [0.05, 0.1) is 5.69 Å². The lowest BCUT2D eigenvalue weighted by molar-refractivity contribution is -0.122. The standard InChI is InChI=1S/C25H22ClN3O3/c1-4-17-5-9-20(10-6-17)28-15(2)13-18(16(28)3)14-22-23(30)27-25(32)29(24(22)31)21-11-7-19(26)8-12-21/h5-14H,4H2,1-3H3,(H,27,30,32)/b22-14-. The minimum Gasteiger partial charge on any atom is -0.318 e.